The number of carbonyl (C=O) groups excluding carboxylic acids is 2. The molecule has 1 aromatic heterocycles. The van der Waals surface area contributed by atoms with Crippen LogP contribution in [0.2, 0.25) is 0 Å². The highest BCUT2D eigenvalue weighted by Gasteiger charge is 2.28. The van der Waals surface area contributed by atoms with Crippen LogP contribution in [0.4, 0.5) is 0 Å². The first-order valence-corrected chi connectivity index (χ1v) is 10.1. The standard InChI is InChI=1S/C21H30N4O3/c1-4-12-24-17-7-5-6-8-18(17)25(21(24)28)15-11-19(26)23-13-9-16(10-14-23)20(27)22(2)3/h5-8,16H,4,9-15H2,1-3H3. The quantitative estimate of drug-likeness (QED) is 0.762. The van der Waals surface area contributed by atoms with Crippen LogP contribution in [0.1, 0.15) is 32.6 Å². The molecule has 1 aliphatic heterocycles. The summed E-state index contributed by atoms with van der Waals surface area (Å²) in [6.07, 6.45) is 2.59. The lowest BCUT2D eigenvalue weighted by atomic mass is 9.95. The summed E-state index contributed by atoms with van der Waals surface area (Å²) in [6, 6.07) is 7.74. The maximum absolute atomic E-state index is 12.8. The smallest absolute Gasteiger partial charge is 0.329 e. The molecule has 2 heterocycles. The van der Waals surface area contributed by atoms with Crippen LogP contribution in [0.15, 0.2) is 29.1 Å². The zero-order chi connectivity index (χ0) is 20.3. The van der Waals surface area contributed by atoms with Crippen molar-refractivity contribution in [3.63, 3.8) is 0 Å². The van der Waals surface area contributed by atoms with Gasteiger partial charge in [0, 0.05) is 52.6 Å². The first kappa shape index (κ1) is 20.2. The highest BCUT2D eigenvalue weighted by Crippen LogP contribution is 2.20. The van der Waals surface area contributed by atoms with Crippen LogP contribution < -0.4 is 5.69 Å². The number of fused-ring (bicyclic) bond motifs is 1. The molecule has 3 rings (SSSR count). The molecule has 7 nitrogen and oxygen atoms in total. The third-order valence-corrected chi connectivity index (χ3v) is 5.56. The Kier molecular flexibility index (Phi) is 6.21. The number of hydrogen-bond donors (Lipinski definition) is 0. The molecular weight excluding hydrogens is 356 g/mol. The Balaban J connectivity index is 1.65. The summed E-state index contributed by atoms with van der Waals surface area (Å²) in [5.74, 6) is 0.200. The molecule has 0 saturated carbocycles. The van der Waals surface area contributed by atoms with E-state index in [1.165, 1.54) is 0 Å². The molecule has 28 heavy (non-hydrogen) atoms. The van der Waals surface area contributed by atoms with E-state index in [2.05, 4.69) is 0 Å². The summed E-state index contributed by atoms with van der Waals surface area (Å²) in [5.41, 5.74) is 1.75. The number of piperidine rings is 1. The molecule has 1 fully saturated rings. The number of aryl methyl sites for hydroxylation is 2. The second-order valence-electron chi connectivity index (χ2n) is 7.71. The Hall–Kier alpha value is -2.57. The molecule has 0 atom stereocenters. The van der Waals surface area contributed by atoms with Crippen molar-refractivity contribution >= 4 is 22.8 Å². The maximum atomic E-state index is 12.8. The molecule has 2 amide bonds. The van der Waals surface area contributed by atoms with E-state index in [1.54, 1.807) is 28.1 Å². The number of imidazole rings is 1. The van der Waals surface area contributed by atoms with E-state index < -0.39 is 0 Å². The highest BCUT2D eigenvalue weighted by molar-refractivity contribution is 5.80. The lowest BCUT2D eigenvalue weighted by Gasteiger charge is -2.32. The number of nitrogens with zero attached hydrogens (tertiary/aromatic N) is 4. The van der Waals surface area contributed by atoms with Crippen molar-refractivity contribution in [2.75, 3.05) is 27.2 Å². The monoisotopic (exact) mass is 386 g/mol. The SMILES string of the molecule is CCCn1c(=O)n(CCC(=O)N2CCC(C(=O)N(C)C)CC2)c2ccccc21. The Labute approximate surface area is 165 Å². The van der Waals surface area contributed by atoms with Crippen molar-refractivity contribution in [1.29, 1.82) is 0 Å². The lowest BCUT2D eigenvalue weighted by molar-refractivity contribution is -0.139. The summed E-state index contributed by atoms with van der Waals surface area (Å²) in [5, 5.41) is 0. The molecule has 0 aliphatic carbocycles. The predicted octanol–water partition coefficient (Wildman–Crippen LogP) is 1.93. The number of aromatic nitrogens is 2. The lowest BCUT2D eigenvalue weighted by Crippen LogP contribution is -2.43. The normalized spacial score (nSPS) is 15.2. The van der Waals surface area contributed by atoms with E-state index in [9.17, 15) is 14.4 Å². The van der Waals surface area contributed by atoms with Gasteiger partial charge in [0.15, 0.2) is 0 Å². The van der Waals surface area contributed by atoms with Crippen LogP contribution in [-0.4, -0.2) is 57.9 Å². The van der Waals surface area contributed by atoms with E-state index in [-0.39, 0.29) is 23.4 Å². The topological polar surface area (TPSA) is 67.5 Å². The Morgan fingerprint density at radius 3 is 2.14 bits per heavy atom. The molecule has 1 aliphatic rings. The summed E-state index contributed by atoms with van der Waals surface area (Å²) < 4.78 is 3.50. The molecule has 1 saturated heterocycles. The van der Waals surface area contributed by atoms with E-state index in [0.29, 0.717) is 45.4 Å². The number of hydrogen-bond acceptors (Lipinski definition) is 3. The fourth-order valence-electron chi connectivity index (χ4n) is 4.03. The van der Waals surface area contributed by atoms with Gasteiger partial charge in [-0.25, -0.2) is 4.79 Å². The molecular formula is C21H30N4O3. The Morgan fingerprint density at radius 1 is 1.04 bits per heavy atom. The molecule has 0 spiro atoms. The third-order valence-electron chi connectivity index (χ3n) is 5.56. The maximum Gasteiger partial charge on any atom is 0.329 e. The molecule has 1 aromatic carbocycles. The van der Waals surface area contributed by atoms with Gasteiger partial charge in [0.2, 0.25) is 11.8 Å². The van der Waals surface area contributed by atoms with Crippen LogP contribution >= 0.6 is 0 Å². The summed E-state index contributed by atoms with van der Waals surface area (Å²) in [6.45, 7) is 4.32. The Bertz CT molecular complexity index is 904. The minimum absolute atomic E-state index is 0.00805. The second kappa shape index (κ2) is 8.63. The van der Waals surface area contributed by atoms with Gasteiger partial charge in [-0.05, 0) is 31.4 Å². The minimum Gasteiger partial charge on any atom is -0.349 e. The Morgan fingerprint density at radius 2 is 1.61 bits per heavy atom. The molecule has 152 valence electrons. The molecule has 0 unspecified atom stereocenters. The van der Waals surface area contributed by atoms with Crippen LogP contribution in [0.25, 0.3) is 11.0 Å². The van der Waals surface area contributed by atoms with E-state index in [1.807, 2.05) is 36.1 Å². The van der Waals surface area contributed by atoms with Gasteiger partial charge in [-0.1, -0.05) is 19.1 Å². The third kappa shape index (κ3) is 3.98. The molecule has 0 radical (unpaired) electrons. The minimum atomic E-state index is -0.0499. The number of carbonyl (C=O) groups is 2. The van der Waals surface area contributed by atoms with Crippen molar-refractivity contribution in [3.8, 4) is 0 Å². The number of likely N-dealkylation sites (tertiary alicyclic amines) is 1. The second-order valence-corrected chi connectivity index (χ2v) is 7.71. The zero-order valence-electron chi connectivity index (χ0n) is 17.1. The molecule has 0 N–H and O–H groups in total. The van der Waals surface area contributed by atoms with Crippen LogP contribution in [0.5, 0.6) is 0 Å². The number of amides is 2. The van der Waals surface area contributed by atoms with Crippen molar-refractivity contribution in [1.82, 2.24) is 18.9 Å². The predicted molar refractivity (Wildman–Crippen MR) is 109 cm³/mol. The van der Waals surface area contributed by atoms with E-state index in [4.69, 9.17) is 0 Å². The van der Waals surface area contributed by atoms with Crippen LogP contribution in [0, 0.1) is 5.92 Å². The fourth-order valence-corrected chi connectivity index (χ4v) is 4.03. The van der Waals surface area contributed by atoms with E-state index >= 15 is 0 Å². The number of para-hydroxylation sites is 2. The molecule has 0 bridgehead atoms. The van der Waals surface area contributed by atoms with Crippen molar-refractivity contribution < 1.29 is 9.59 Å². The van der Waals surface area contributed by atoms with Crippen molar-refractivity contribution in [3.05, 3.63) is 34.7 Å². The van der Waals surface area contributed by atoms with Gasteiger partial charge in [0.1, 0.15) is 0 Å². The van der Waals surface area contributed by atoms with Crippen molar-refractivity contribution in [2.24, 2.45) is 5.92 Å². The number of benzene rings is 1. The number of rotatable bonds is 6. The van der Waals surface area contributed by atoms with Crippen LogP contribution in [0.3, 0.4) is 0 Å². The fraction of sp³-hybridized carbons (Fsp3) is 0.571. The average Bonchev–Trinajstić information content (AvgIpc) is 2.97. The zero-order valence-corrected chi connectivity index (χ0v) is 17.1. The van der Waals surface area contributed by atoms with Gasteiger partial charge in [-0.2, -0.15) is 0 Å². The first-order chi connectivity index (χ1) is 13.4. The van der Waals surface area contributed by atoms with E-state index in [0.717, 1.165) is 17.5 Å². The van der Waals surface area contributed by atoms with Crippen molar-refractivity contribution in [2.45, 2.75) is 45.7 Å². The molecule has 7 heteroatoms. The summed E-state index contributed by atoms with van der Waals surface area (Å²) in [7, 11) is 3.54. The highest BCUT2D eigenvalue weighted by atomic mass is 16.2. The summed E-state index contributed by atoms with van der Waals surface area (Å²) in [4.78, 5) is 41.0. The van der Waals surface area contributed by atoms with Gasteiger partial charge >= 0.3 is 5.69 Å². The largest absolute Gasteiger partial charge is 0.349 e. The van der Waals surface area contributed by atoms with Gasteiger partial charge in [-0.15, -0.1) is 0 Å². The molecule has 2 aromatic rings. The van der Waals surface area contributed by atoms with Gasteiger partial charge < -0.3 is 9.80 Å². The average molecular weight is 386 g/mol. The van der Waals surface area contributed by atoms with Gasteiger partial charge in [0.05, 0.1) is 11.0 Å². The van der Waals surface area contributed by atoms with Gasteiger partial charge in [0.25, 0.3) is 0 Å². The van der Waals surface area contributed by atoms with Crippen LogP contribution in [-0.2, 0) is 22.7 Å². The first-order valence-electron chi connectivity index (χ1n) is 10.1. The van der Waals surface area contributed by atoms with Gasteiger partial charge in [-0.3, -0.25) is 18.7 Å². The summed E-state index contributed by atoms with van der Waals surface area (Å²) >= 11 is 0.